The topological polar surface area (TPSA) is 66.5 Å². The largest absolute Gasteiger partial charge is 0.355 e. The molecule has 2 rings (SSSR count). The van der Waals surface area contributed by atoms with Gasteiger partial charge in [-0.3, -0.25) is 13.8 Å². The van der Waals surface area contributed by atoms with Gasteiger partial charge < -0.3 is 10.2 Å². The first-order chi connectivity index (χ1) is 7.99. The van der Waals surface area contributed by atoms with E-state index in [-0.39, 0.29) is 28.2 Å². The zero-order valence-corrected chi connectivity index (χ0v) is 11.0. The van der Waals surface area contributed by atoms with Crippen LogP contribution < -0.4 is 5.32 Å². The Hall–Kier alpha value is -0.910. The van der Waals surface area contributed by atoms with Crippen LogP contribution in [-0.2, 0) is 20.4 Å². The average Bonchev–Trinajstić information content (AvgIpc) is 2.71. The molecule has 0 aliphatic carbocycles. The van der Waals surface area contributed by atoms with Gasteiger partial charge in [0.2, 0.25) is 11.8 Å². The minimum Gasteiger partial charge on any atom is -0.355 e. The van der Waals surface area contributed by atoms with Crippen molar-refractivity contribution < 1.29 is 13.8 Å². The lowest BCUT2D eigenvalue weighted by molar-refractivity contribution is -0.136. The lowest BCUT2D eigenvalue weighted by Gasteiger charge is -2.35. The summed E-state index contributed by atoms with van der Waals surface area (Å²) in [5, 5.41) is 2.72. The highest BCUT2D eigenvalue weighted by Crippen LogP contribution is 2.19. The van der Waals surface area contributed by atoms with Crippen LogP contribution in [0.5, 0.6) is 0 Å². The molecule has 0 aromatic carbocycles. The summed E-state index contributed by atoms with van der Waals surface area (Å²) in [7, 11) is -0.852. The molecule has 2 aliphatic rings. The van der Waals surface area contributed by atoms with Gasteiger partial charge in [-0.05, 0) is 13.8 Å². The Bertz CT molecular complexity index is 358. The average molecular weight is 258 g/mol. The third-order valence-corrected chi connectivity index (χ3v) is 5.27. The van der Waals surface area contributed by atoms with Crippen LogP contribution in [0.3, 0.4) is 0 Å². The zero-order valence-electron chi connectivity index (χ0n) is 10.1. The van der Waals surface area contributed by atoms with Gasteiger partial charge in [0.15, 0.2) is 0 Å². The molecule has 2 heterocycles. The summed E-state index contributed by atoms with van der Waals surface area (Å²) in [6.07, 6.45) is 0.293. The van der Waals surface area contributed by atoms with Crippen molar-refractivity contribution in [2.45, 2.75) is 30.8 Å². The summed E-state index contributed by atoms with van der Waals surface area (Å²) in [5.41, 5.74) is 0. The number of hydrogen-bond donors (Lipinski definition) is 1. The maximum atomic E-state index is 12.2. The summed E-state index contributed by atoms with van der Waals surface area (Å²) in [5.74, 6) is -0.253. The Morgan fingerprint density at radius 2 is 1.94 bits per heavy atom. The quantitative estimate of drug-likeness (QED) is 0.689. The van der Waals surface area contributed by atoms with Gasteiger partial charge in [-0.1, -0.05) is 0 Å². The number of carbonyl (C=O) groups excluding carboxylic acids is 2. The first-order valence-electron chi connectivity index (χ1n) is 5.94. The molecule has 2 aliphatic heterocycles. The number of nitrogens with one attached hydrogen (secondary N) is 1. The second-order valence-corrected chi connectivity index (χ2v) is 7.16. The second kappa shape index (κ2) is 4.76. The summed E-state index contributed by atoms with van der Waals surface area (Å²) < 4.78 is 11.8. The molecule has 2 saturated heterocycles. The Balaban J connectivity index is 2.00. The van der Waals surface area contributed by atoms with Gasteiger partial charge in [-0.15, -0.1) is 0 Å². The normalized spacial score (nSPS) is 38.0. The fraction of sp³-hybridized carbons (Fsp3) is 0.818. The fourth-order valence-corrected chi connectivity index (χ4v) is 3.90. The van der Waals surface area contributed by atoms with Crippen LogP contribution in [0.4, 0.5) is 0 Å². The maximum absolute atomic E-state index is 12.2. The summed E-state index contributed by atoms with van der Waals surface area (Å²) in [6.45, 7) is 5.34. The van der Waals surface area contributed by atoms with E-state index in [1.165, 1.54) is 0 Å². The number of rotatable bonds is 1. The van der Waals surface area contributed by atoms with E-state index >= 15 is 0 Å². The van der Waals surface area contributed by atoms with Crippen molar-refractivity contribution in [3.8, 4) is 0 Å². The molecule has 3 unspecified atom stereocenters. The van der Waals surface area contributed by atoms with E-state index in [1.807, 2.05) is 13.8 Å². The third kappa shape index (κ3) is 2.51. The smallest absolute Gasteiger partial charge is 0.228 e. The Morgan fingerprint density at radius 3 is 2.41 bits per heavy atom. The molecule has 2 amide bonds. The number of hydrogen-bond acceptors (Lipinski definition) is 3. The van der Waals surface area contributed by atoms with Crippen molar-refractivity contribution in [1.82, 2.24) is 10.2 Å². The number of nitrogens with zero attached hydrogens (tertiary/aromatic N) is 1. The van der Waals surface area contributed by atoms with Crippen LogP contribution >= 0.6 is 0 Å². The van der Waals surface area contributed by atoms with E-state index in [1.54, 1.807) is 4.90 Å². The minimum absolute atomic E-state index is 0.0211. The predicted octanol–water partition coefficient (Wildman–Crippen LogP) is -0.510. The molecule has 6 heteroatoms. The first kappa shape index (κ1) is 12.5. The first-order valence-corrected chi connectivity index (χ1v) is 7.21. The monoisotopic (exact) mass is 258 g/mol. The Labute approximate surface area is 103 Å². The van der Waals surface area contributed by atoms with Gasteiger partial charge in [0.05, 0.1) is 5.92 Å². The van der Waals surface area contributed by atoms with Crippen LogP contribution in [0.2, 0.25) is 0 Å². The molecule has 5 nitrogen and oxygen atoms in total. The standard InChI is InChI=1S/C11H18N2O3S/c1-7-5-13(6-8(2)17(7)16)11(15)9-3-10(14)12-4-9/h7-9H,3-6H2,1-2H3,(H,12,14). The molecule has 0 radical (unpaired) electrons. The number of amides is 2. The van der Waals surface area contributed by atoms with Gasteiger partial charge in [0.1, 0.15) is 0 Å². The molecule has 0 saturated carbocycles. The van der Waals surface area contributed by atoms with Crippen molar-refractivity contribution in [3.05, 3.63) is 0 Å². The highest BCUT2D eigenvalue weighted by atomic mass is 32.2. The number of carbonyl (C=O) groups is 2. The lowest BCUT2D eigenvalue weighted by atomic mass is 10.1. The molecule has 0 bridgehead atoms. The summed E-state index contributed by atoms with van der Waals surface area (Å²) >= 11 is 0. The van der Waals surface area contributed by atoms with Crippen LogP contribution in [0.1, 0.15) is 20.3 Å². The van der Waals surface area contributed by atoms with E-state index in [4.69, 9.17) is 0 Å². The van der Waals surface area contributed by atoms with E-state index in [0.29, 0.717) is 26.1 Å². The fourth-order valence-electron chi connectivity index (χ4n) is 2.46. The van der Waals surface area contributed by atoms with Gasteiger partial charge in [-0.2, -0.15) is 0 Å². The molecule has 17 heavy (non-hydrogen) atoms. The van der Waals surface area contributed by atoms with Crippen molar-refractivity contribution in [3.63, 3.8) is 0 Å². The summed E-state index contributed by atoms with van der Waals surface area (Å²) in [4.78, 5) is 25.0. The lowest BCUT2D eigenvalue weighted by Crippen LogP contribution is -2.51. The van der Waals surface area contributed by atoms with E-state index < -0.39 is 10.8 Å². The van der Waals surface area contributed by atoms with Gasteiger partial charge >= 0.3 is 0 Å². The molecule has 0 aromatic heterocycles. The van der Waals surface area contributed by atoms with Crippen molar-refractivity contribution in [2.75, 3.05) is 19.6 Å². The van der Waals surface area contributed by atoms with Crippen LogP contribution in [0, 0.1) is 5.92 Å². The van der Waals surface area contributed by atoms with Crippen molar-refractivity contribution >= 4 is 22.6 Å². The van der Waals surface area contributed by atoms with Gasteiger partial charge in [0, 0.05) is 47.4 Å². The van der Waals surface area contributed by atoms with E-state index in [9.17, 15) is 13.8 Å². The molecule has 1 N–H and O–H groups in total. The van der Waals surface area contributed by atoms with Crippen molar-refractivity contribution in [1.29, 1.82) is 0 Å². The minimum atomic E-state index is -0.852. The molecular weight excluding hydrogens is 240 g/mol. The third-order valence-electron chi connectivity index (χ3n) is 3.39. The van der Waals surface area contributed by atoms with Crippen LogP contribution in [0.25, 0.3) is 0 Å². The summed E-state index contributed by atoms with van der Waals surface area (Å²) in [6, 6.07) is 0. The highest BCUT2D eigenvalue weighted by molar-refractivity contribution is 7.86. The van der Waals surface area contributed by atoms with E-state index in [0.717, 1.165) is 0 Å². The van der Waals surface area contributed by atoms with Crippen molar-refractivity contribution in [2.24, 2.45) is 5.92 Å². The molecule has 2 fully saturated rings. The Kier molecular flexibility index (Phi) is 3.51. The highest BCUT2D eigenvalue weighted by Gasteiger charge is 2.36. The van der Waals surface area contributed by atoms with Gasteiger partial charge in [0.25, 0.3) is 0 Å². The molecule has 0 aromatic rings. The molecular formula is C11H18N2O3S. The maximum Gasteiger partial charge on any atom is 0.228 e. The molecule has 3 atom stereocenters. The second-order valence-electron chi connectivity index (χ2n) is 4.90. The van der Waals surface area contributed by atoms with Crippen LogP contribution in [0.15, 0.2) is 0 Å². The van der Waals surface area contributed by atoms with Gasteiger partial charge in [-0.25, -0.2) is 0 Å². The predicted molar refractivity (Wildman–Crippen MR) is 64.8 cm³/mol. The Morgan fingerprint density at radius 1 is 1.35 bits per heavy atom. The molecule has 0 spiro atoms. The zero-order chi connectivity index (χ0) is 12.6. The van der Waals surface area contributed by atoms with E-state index in [2.05, 4.69) is 5.32 Å². The SMILES string of the molecule is CC1CN(C(=O)C2CNC(=O)C2)CC(C)S1=O. The van der Waals surface area contributed by atoms with Crippen LogP contribution in [-0.4, -0.2) is 51.1 Å². The molecule has 96 valence electrons.